The van der Waals surface area contributed by atoms with Gasteiger partial charge in [-0.2, -0.15) is 0 Å². The summed E-state index contributed by atoms with van der Waals surface area (Å²) in [6.45, 7) is 1.94. The second kappa shape index (κ2) is 16.7. The average molecular weight is 697 g/mol. The van der Waals surface area contributed by atoms with E-state index in [9.17, 15) is 14.4 Å². The molecule has 0 aliphatic heterocycles. The van der Waals surface area contributed by atoms with Crippen molar-refractivity contribution in [3.8, 4) is 11.5 Å². The van der Waals surface area contributed by atoms with Crippen molar-refractivity contribution in [1.29, 1.82) is 0 Å². The smallest absolute Gasteiger partial charge is 0.272 e. The summed E-state index contributed by atoms with van der Waals surface area (Å²) < 4.78 is 5.84. The maximum Gasteiger partial charge on any atom is 0.272 e. The van der Waals surface area contributed by atoms with Gasteiger partial charge < -0.3 is 20.7 Å². The number of anilines is 2. The van der Waals surface area contributed by atoms with E-state index in [2.05, 4.69) is 16.0 Å². The highest BCUT2D eigenvalue weighted by Gasteiger charge is 2.20. The van der Waals surface area contributed by atoms with Crippen molar-refractivity contribution in [2.45, 2.75) is 23.5 Å². The van der Waals surface area contributed by atoms with E-state index in [0.717, 1.165) is 10.6 Å². The zero-order chi connectivity index (χ0) is 33.9. The van der Waals surface area contributed by atoms with Crippen molar-refractivity contribution in [3.63, 3.8) is 0 Å². The van der Waals surface area contributed by atoms with Gasteiger partial charge in [0.05, 0.1) is 15.3 Å². The summed E-state index contributed by atoms with van der Waals surface area (Å²) in [5.41, 5.74) is 1.94. The number of carbonyl (C=O) groups is 3. The number of halogens is 2. The Bertz CT molecular complexity index is 1920. The highest BCUT2D eigenvalue weighted by atomic mass is 35.5. The molecule has 0 bridgehead atoms. The predicted octanol–water partition coefficient (Wildman–Crippen LogP) is 9.70. The van der Waals surface area contributed by atoms with E-state index in [0.29, 0.717) is 39.7 Å². The molecule has 0 aliphatic rings. The minimum Gasteiger partial charge on any atom is -0.457 e. The molecule has 0 saturated carbocycles. The van der Waals surface area contributed by atoms with Gasteiger partial charge in [-0.1, -0.05) is 84.7 Å². The van der Waals surface area contributed by atoms with Crippen LogP contribution in [0.25, 0.3) is 6.08 Å². The molecule has 0 radical (unpaired) electrons. The maximum absolute atomic E-state index is 13.6. The quantitative estimate of drug-likeness (QED) is 0.0892. The summed E-state index contributed by atoms with van der Waals surface area (Å²) in [6.07, 6.45) is 2.04. The monoisotopic (exact) mass is 695 g/mol. The zero-order valence-corrected chi connectivity index (χ0v) is 28.1. The van der Waals surface area contributed by atoms with Gasteiger partial charge in [-0.3, -0.25) is 14.4 Å². The Kier molecular flexibility index (Phi) is 11.9. The van der Waals surface area contributed by atoms with Crippen LogP contribution in [0.4, 0.5) is 11.4 Å². The van der Waals surface area contributed by atoms with E-state index in [1.807, 2.05) is 43.3 Å². The Hall–Kier alpha value is -5.02. The summed E-state index contributed by atoms with van der Waals surface area (Å²) in [7, 11) is 0. The van der Waals surface area contributed by atoms with Gasteiger partial charge in [0.1, 0.15) is 17.2 Å². The summed E-state index contributed by atoms with van der Waals surface area (Å²) in [5.74, 6) is 0.204. The van der Waals surface area contributed by atoms with Crippen LogP contribution < -0.4 is 20.7 Å². The van der Waals surface area contributed by atoms with E-state index in [1.165, 1.54) is 17.8 Å². The Labute approximate surface area is 293 Å². The third-order valence-corrected chi connectivity index (χ3v) is 9.14. The first-order valence-electron chi connectivity index (χ1n) is 15.0. The van der Waals surface area contributed by atoms with E-state index < -0.39 is 17.1 Å². The van der Waals surface area contributed by atoms with Gasteiger partial charge in [-0.25, -0.2) is 0 Å². The molecule has 1 atom stereocenters. The number of amides is 3. The molecule has 0 heterocycles. The van der Waals surface area contributed by atoms with Crippen molar-refractivity contribution >= 4 is 70.1 Å². The Morgan fingerprint density at radius 2 is 1.42 bits per heavy atom. The number of carbonyl (C=O) groups excluding carboxylic acids is 3. The predicted molar refractivity (Wildman–Crippen MR) is 195 cm³/mol. The fourth-order valence-electron chi connectivity index (χ4n) is 4.52. The van der Waals surface area contributed by atoms with Crippen molar-refractivity contribution in [2.24, 2.45) is 0 Å². The van der Waals surface area contributed by atoms with Crippen molar-refractivity contribution in [3.05, 3.63) is 154 Å². The molecule has 0 aliphatic carbocycles. The van der Waals surface area contributed by atoms with Crippen LogP contribution in [0.3, 0.4) is 0 Å². The van der Waals surface area contributed by atoms with Crippen LogP contribution in [0, 0.1) is 0 Å². The minimum absolute atomic E-state index is 0.0305. The van der Waals surface area contributed by atoms with Gasteiger partial charge in [-0.05, 0) is 90.9 Å². The Balaban J connectivity index is 1.26. The van der Waals surface area contributed by atoms with Gasteiger partial charge in [0.25, 0.3) is 11.8 Å². The van der Waals surface area contributed by atoms with Gasteiger partial charge in [0.15, 0.2) is 0 Å². The molecule has 0 saturated heterocycles. The van der Waals surface area contributed by atoms with Crippen LogP contribution in [0.2, 0.25) is 10.0 Å². The fraction of sp³-hybridized carbons (Fsp3) is 0.0789. The highest BCUT2D eigenvalue weighted by Crippen LogP contribution is 2.30. The standard InChI is InChI=1S/C38H31Cl2N3O4S/c1-2-34(38(46)41-27-19-21-30(22-20-27)47-29-15-7-4-8-16-29)48-31-17-10-14-28(24-31)42-37(45)33(23-26-13-9-18-32(39)35(26)40)43-36(44)25-11-5-3-6-12-25/h3-24,34H,2H2,1H3,(H,41,46)(H,42,45)(H,43,44)/b33-23+. The van der Waals surface area contributed by atoms with Crippen LogP contribution >= 0.6 is 35.0 Å². The molecule has 7 nitrogen and oxygen atoms in total. The lowest BCUT2D eigenvalue weighted by atomic mass is 10.1. The minimum atomic E-state index is -0.568. The first-order chi connectivity index (χ1) is 23.3. The second-order valence-corrected chi connectivity index (χ2v) is 12.5. The van der Waals surface area contributed by atoms with Crippen molar-refractivity contribution in [1.82, 2.24) is 5.32 Å². The Morgan fingerprint density at radius 3 is 2.12 bits per heavy atom. The molecular weight excluding hydrogens is 665 g/mol. The topological polar surface area (TPSA) is 96.5 Å². The van der Waals surface area contributed by atoms with Gasteiger partial charge in [0, 0.05) is 21.8 Å². The SMILES string of the molecule is CCC(Sc1cccc(NC(=O)/C(=C\c2cccc(Cl)c2Cl)NC(=O)c2ccccc2)c1)C(=O)Nc1ccc(Oc2ccccc2)cc1. The molecule has 242 valence electrons. The third kappa shape index (κ3) is 9.51. The normalized spacial score (nSPS) is 11.7. The number of hydrogen-bond acceptors (Lipinski definition) is 5. The fourth-order valence-corrected chi connectivity index (χ4v) is 5.89. The van der Waals surface area contributed by atoms with E-state index in [1.54, 1.807) is 91.0 Å². The molecule has 3 N–H and O–H groups in total. The van der Waals surface area contributed by atoms with Gasteiger partial charge >= 0.3 is 0 Å². The molecular formula is C38H31Cl2N3O4S. The molecule has 0 fully saturated rings. The number of nitrogens with one attached hydrogen (secondary N) is 3. The number of thioether (sulfide) groups is 1. The van der Waals surface area contributed by atoms with Crippen LogP contribution in [0.5, 0.6) is 11.5 Å². The highest BCUT2D eigenvalue weighted by molar-refractivity contribution is 8.00. The molecule has 10 heteroatoms. The first-order valence-corrected chi connectivity index (χ1v) is 16.7. The molecule has 0 spiro atoms. The Morgan fingerprint density at radius 1 is 0.750 bits per heavy atom. The number of benzene rings is 5. The average Bonchev–Trinajstić information content (AvgIpc) is 3.10. The summed E-state index contributed by atoms with van der Waals surface area (Å²) >= 11 is 14.0. The summed E-state index contributed by atoms with van der Waals surface area (Å²) in [5, 5.41) is 8.69. The largest absolute Gasteiger partial charge is 0.457 e. The van der Waals surface area contributed by atoms with Gasteiger partial charge in [0.2, 0.25) is 5.91 Å². The number of rotatable bonds is 12. The number of hydrogen-bond donors (Lipinski definition) is 3. The van der Waals surface area contributed by atoms with Crippen LogP contribution in [-0.4, -0.2) is 23.0 Å². The molecule has 0 aromatic heterocycles. The molecule has 5 aromatic rings. The lowest BCUT2D eigenvalue weighted by molar-refractivity contribution is -0.116. The van der Waals surface area contributed by atoms with Crippen molar-refractivity contribution in [2.75, 3.05) is 10.6 Å². The third-order valence-electron chi connectivity index (χ3n) is 6.94. The van der Waals surface area contributed by atoms with Crippen LogP contribution in [0.1, 0.15) is 29.3 Å². The van der Waals surface area contributed by atoms with E-state index in [4.69, 9.17) is 27.9 Å². The number of para-hydroxylation sites is 1. The van der Waals surface area contributed by atoms with Gasteiger partial charge in [-0.15, -0.1) is 11.8 Å². The van der Waals surface area contributed by atoms with Crippen molar-refractivity contribution < 1.29 is 19.1 Å². The van der Waals surface area contributed by atoms with E-state index >= 15 is 0 Å². The molecule has 1 unspecified atom stereocenters. The lowest BCUT2D eigenvalue weighted by Crippen LogP contribution is -2.30. The van der Waals surface area contributed by atoms with Crippen LogP contribution in [0.15, 0.2) is 138 Å². The maximum atomic E-state index is 13.6. The molecule has 3 amide bonds. The zero-order valence-electron chi connectivity index (χ0n) is 25.8. The van der Waals surface area contributed by atoms with Crippen LogP contribution in [-0.2, 0) is 9.59 Å². The number of ether oxygens (including phenoxy) is 1. The van der Waals surface area contributed by atoms with E-state index in [-0.39, 0.29) is 16.6 Å². The molecule has 5 rings (SSSR count). The summed E-state index contributed by atoms with van der Waals surface area (Å²) in [6, 6.07) is 37.4. The first kappa shape index (κ1) is 34.3. The summed E-state index contributed by atoms with van der Waals surface area (Å²) in [4.78, 5) is 40.6. The lowest BCUT2D eigenvalue weighted by Gasteiger charge is -2.16. The molecule has 48 heavy (non-hydrogen) atoms. The second-order valence-electron chi connectivity index (χ2n) is 10.4. The molecule has 5 aromatic carbocycles.